The maximum absolute atomic E-state index is 12.2. The summed E-state index contributed by atoms with van der Waals surface area (Å²) in [5.74, 6) is 0.664. The lowest BCUT2D eigenvalue weighted by Gasteiger charge is -2.09. The predicted molar refractivity (Wildman–Crippen MR) is 117 cm³/mol. The number of amides is 2. The Hall–Kier alpha value is -4.52. The van der Waals surface area contributed by atoms with Crippen molar-refractivity contribution in [2.45, 2.75) is 0 Å². The van der Waals surface area contributed by atoms with Crippen LogP contribution in [0.4, 0.5) is 11.4 Å². The van der Waals surface area contributed by atoms with Crippen LogP contribution in [0.2, 0.25) is 0 Å². The van der Waals surface area contributed by atoms with E-state index in [2.05, 4.69) is 20.6 Å². The number of carbonyl (C=O) groups is 2. The van der Waals surface area contributed by atoms with Gasteiger partial charge in [-0.1, -0.05) is 12.1 Å². The number of aromatic nitrogens is 2. The Morgan fingerprint density at radius 1 is 0.581 bits per heavy atom. The molecule has 0 saturated heterocycles. The van der Waals surface area contributed by atoms with E-state index in [4.69, 9.17) is 4.74 Å². The normalized spacial score (nSPS) is 10.2. The standard InChI is InChI=1S/C24H18N4O3/c29-23(21-5-1-3-15-25-21)27-17-7-11-19(12-8-17)31-20-13-9-18(10-14-20)28-24(30)22-6-2-4-16-26-22/h1-16H,(H,27,29)(H,28,30). The number of nitrogens with zero attached hydrogens (tertiary/aromatic N) is 2. The van der Waals surface area contributed by atoms with E-state index in [1.807, 2.05) is 0 Å². The maximum atomic E-state index is 12.2. The number of carbonyl (C=O) groups excluding carboxylic acids is 2. The van der Waals surface area contributed by atoms with E-state index in [0.29, 0.717) is 34.3 Å². The van der Waals surface area contributed by atoms with Crippen molar-refractivity contribution in [2.75, 3.05) is 10.6 Å². The molecular formula is C24H18N4O3. The van der Waals surface area contributed by atoms with Crippen LogP contribution in [-0.4, -0.2) is 21.8 Å². The molecule has 0 bridgehead atoms. The summed E-state index contributed by atoms with van der Waals surface area (Å²) in [4.78, 5) is 32.3. The van der Waals surface area contributed by atoms with Crippen molar-refractivity contribution in [1.82, 2.24) is 9.97 Å². The van der Waals surface area contributed by atoms with E-state index < -0.39 is 0 Å². The minimum Gasteiger partial charge on any atom is -0.457 e. The monoisotopic (exact) mass is 410 g/mol. The third-order valence-corrected chi connectivity index (χ3v) is 4.26. The van der Waals surface area contributed by atoms with Crippen LogP contribution in [0.15, 0.2) is 97.3 Å². The van der Waals surface area contributed by atoms with Crippen LogP contribution in [0.25, 0.3) is 0 Å². The number of hydrogen-bond donors (Lipinski definition) is 2. The number of nitrogens with one attached hydrogen (secondary N) is 2. The Bertz CT molecular complexity index is 1070. The number of anilines is 2. The maximum Gasteiger partial charge on any atom is 0.274 e. The molecule has 0 aliphatic carbocycles. The first-order valence-corrected chi connectivity index (χ1v) is 9.50. The minimum absolute atomic E-state index is 0.280. The molecule has 2 N–H and O–H groups in total. The van der Waals surface area contributed by atoms with Crippen molar-refractivity contribution in [3.8, 4) is 11.5 Å². The SMILES string of the molecule is O=C(Nc1ccc(Oc2ccc(NC(=O)c3ccccn3)cc2)cc1)c1ccccn1. The zero-order valence-electron chi connectivity index (χ0n) is 16.4. The van der Waals surface area contributed by atoms with E-state index in [0.717, 1.165) is 0 Å². The summed E-state index contributed by atoms with van der Waals surface area (Å²) in [6.07, 6.45) is 3.14. The fourth-order valence-electron chi connectivity index (χ4n) is 2.73. The topological polar surface area (TPSA) is 93.2 Å². The lowest BCUT2D eigenvalue weighted by atomic mass is 10.2. The molecule has 0 saturated carbocycles. The summed E-state index contributed by atoms with van der Waals surface area (Å²) in [5, 5.41) is 5.57. The second-order valence-electron chi connectivity index (χ2n) is 6.49. The largest absolute Gasteiger partial charge is 0.457 e. The third-order valence-electron chi connectivity index (χ3n) is 4.26. The van der Waals surface area contributed by atoms with Gasteiger partial charge in [-0.2, -0.15) is 0 Å². The smallest absolute Gasteiger partial charge is 0.274 e. The molecule has 31 heavy (non-hydrogen) atoms. The molecule has 0 fully saturated rings. The fraction of sp³-hybridized carbons (Fsp3) is 0. The zero-order chi connectivity index (χ0) is 21.5. The van der Waals surface area contributed by atoms with Gasteiger partial charge in [0.25, 0.3) is 11.8 Å². The first-order valence-electron chi connectivity index (χ1n) is 9.50. The fourth-order valence-corrected chi connectivity index (χ4v) is 2.73. The van der Waals surface area contributed by atoms with Crippen LogP contribution in [0.3, 0.4) is 0 Å². The van der Waals surface area contributed by atoms with Crippen LogP contribution < -0.4 is 15.4 Å². The second-order valence-corrected chi connectivity index (χ2v) is 6.49. The van der Waals surface area contributed by atoms with Crippen molar-refractivity contribution in [3.05, 3.63) is 109 Å². The molecule has 2 heterocycles. The highest BCUT2D eigenvalue weighted by Crippen LogP contribution is 2.24. The lowest BCUT2D eigenvalue weighted by Crippen LogP contribution is -2.13. The molecule has 0 spiro atoms. The van der Waals surface area contributed by atoms with Gasteiger partial charge < -0.3 is 15.4 Å². The van der Waals surface area contributed by atoms with Crippen LogP contribution in [0.1, 0.15) is 21.0 Å². The van der Waals surface area contributed by atoms with Crippen LogP contribution in [0, 0.1) is 0 Å². The number of pyridine rings is 2. The van der Waals surface area contributed by atoms with Gasteiger partial charge in [-0.25, -0.2) is 0 Å². The molecule has 4 aromatic rings. The number of benzene rings is 2. The molecule has 7 nitrogen and oxygen atoms in total. The molecule has 2 aromatic carbocycles. The Labute approximate surface area is 178 Å². The van der Waals surface area contributed by atoms with E-state index in [1.165, 1.54) is 0 Å². The first-order chi connectivity index (χ1) is 15.2. The minimum atomic E-state index is -0.280. The summed E-state index contributed by atoms with van der Waals surface area (Å²) in [6, 6.07) is 24.3. The Balaban J connectivity index is 1.34. The molecule has 4 rings (SSSR count). The number of ether oxygens (including phenoxy) is 1. The Kier molecular flexibility index (Phi) is 5.95. The molecule has 2 amide bonds. The summed E-state index contributed by atoms with van der Waals surface area (Å²) in [6.45, 7) is 0. The van der Waals surface area contributed by atoms with Gasteiger partial charge in [0.1, 0.15) is 22.9 Å². The van der Waals surface area contributed by atoms with Crippen molar-refractivity contribution in [2.24, 2.45) is 0 Å². The van der Waals surface area contributed by atoms with Crippen molar-refractivity contribution in [3.63, 3.8) is 0 Å². The van der Waals surface area contributed by atoms with E-state index in [9.17, 15) is 9.59 Å². The van der Waals surface area contributed by atoms with Crippen LogP contribution >= 0.6 is 0 Å². The van der Waals surface area contributed by atoms with Crippen molar-refractivity contribution in [1.29, 1.82) is 0 Å². The van der Waals surface area contributed by atoms with Crippen molar-refractivity contribution >= 4 is 23.2 Å². The average molecular weight is 410 g/mol. The van der Waals surface area contributed by atoms with Gasteiger partial charge in [0.15, 0.2) is 0 Å². The summed E-state index contributed by atoms with van der Waals surface area (Å²) >= 11 is 0. The summed E-state index contributed by atoms with van der Waals surface area (Å²) < 4.78 is 5.82. The van der Waals surface area contributed by atoms with E-state index in [1.54, 1.807) is 97.3 Å². The third kappa shape index (κ3) is 5.30. The predicted octanol–water partition coefficient (Wildman–Crippen LogP) is 4.77. The molecule has 0 aliphatic rings. The van der Waals surface area contributed by atoms with Gasteiger partial charge in [0, 0.05) is 23.8 Å². The van der Waals surface area contributed by atoms with Gasteiger partial charge in [0.2, 0.25) is 0 Å². The Morgan fingerprint density at radius 3 is 1.35 bits per heavy atom. The number of hydrogen-bond acceptors (Lipinski definition) is 5. The zero-order valence-corrected chi connectivity index (χ0v) is 16.4. The average Bonchev–Trinajstić information content (AvgIpc) is 2.82. The Morgan fingerprint density at radius 2 is 1.00 bits per heavy atom. The van der Waals surface area contributed by atoms with Crippen molar-refractivity contribution < 1.29 is 14.3 Å². The van der Waals surface area contributed by atoms with Gasteiger partial charge in [-0.05, 0) is 72.8 Å². The van der Waals surface area contributed by atoms with Crippen LogP contribution in [0.5, 0.6) is 11.5 Å². The van der Waals surface area contributed by atoms with E-state index in [-0.39, 0.29) is 11.8 Å². The highest BCUT2D eigenvalue weighted by atomic mass is 16.5. The summed E-state index contributed by atoms with van der Waals surface area (Å²) in [7, 11) is 0. The first kappa shape index (κ1) is 19.8. The molecule has 7 heteroatoms. The van der Waals surface area contributed by atoms with Crippen LogP contribution in [-0.2, 0) is 0 Å². The molecule has 0 aliphatic heterocycles. The molecule has 152 valence electrons. The van der Waals surface area contributed by atoms with Gasteiger partial charge in [0.05, 0.1) is 0 Å². The van der Waals surface area contributed by atoms with E-state index >= 15 is 0 Å². The van der Waals surface area contributed by atoms with Gasteiger partial charge in [-0.15, -0.1) is 0 Å². The second kappa shape index (κ2) is 9.32. The molecule has 0 unspecified atom stereocenters. The molecule has 2 aromatic heterocycles. The lowest BCUT2D eigenvalue weighted by molar-refractivity contribution is 0.101. The molecule has 0 atom stereocenters. The highest BCUT2D eigenvalue weighted by molar-refractivity contribution is 6.03. The highest BCUT2D eigenvalue weighted by Gasteiger charge is 2.08. The van der Waals surface area contributed by atoms with Gasteiger partial charge in [-0.3, -0.25) is 19.6 Å². The van der Waals surface area contributed by atoms with Gasteiger partial charge >= 0.3 is 0 Å². The molecule has 0 radical (unpaired) electrons. The number of rotatable bonds is 6. The quantitative estimate of drug-likeness (QED) is 0.477. The molecular weight excluding hydrogens is 392 g/mol. The summed E-state index contributed by atoms with van der Waals surface area (Å²) in [5.41, 5.74) is 1.96.